The molecule has 3 nitrogen and oxygen atoms in total. The minimum absolute atomic E-state index is 0.210. The number of rotatable bonds is 4. The second-order valence-electron chi connectivity index (χ2n) is 4.32. The predicted molar refractivity (Wildman–Crippen MR) is 75.5 cm³/mol. The van der Waals surface area contributed by atoms with Gasteiger partial charge in [-0.1, -0.05) is 30.3 Å². The first-order chi connectivity index (χ1) is 8.58. The van der Waals surface area contributed by atoms with Crippen LogP contribution in [0, 0.1) is 0 Å². The monoisotopic (exact) mass is 261 g/mol. The van der Waals surface area contributed by atoms with Crippen molar-refractivity contribution in [1.82, 2.24) is 0 Å². The number of carboxylic acids is 1. The summed E-state index contributed by atoms with van der Waals surface area (Å²) in [5.74, 6) is -0.884. The van der Waals surface area contributed by atoms with Gasteiger partial charge in [0.1, 0.15) is 4.88 Å². The van der Waals surface area contributed by atoms with Crippen LogP contribution in [0.5, 0.6) is 0 Å². The number of hydrogen-bond acceptors (Lipinski definition) is 3. The van der Waals surface area contributed by atoms with Crippen LogP contribution >= 0.6 is 11.3 Å². The van der Waals surface area contributed by atoms with Gasteiger partial charge in [-0.15, -0.1) is 11.3 Å². The summed E-state index contributed by atoms with van der Waals surface area (Å²) in [6.07, 6.45) is 0. The van der Waals surface area contributed by atoms with Crippen LogP contribution < -0.4 is 5.32 Å². The zero-order valence-corrected chi connectivity index (χ0v) is 11.1. The van der Waals surface area contributed by atoms with Crippen LogP contribution in [0.15, 0.2) is 36.4 Å². The number of nitrogens with one attached hydrogen (secondary N) is 1. The molecule has 18 heavy (non-hydrogen) atoms. The maximum absolute atomic E-state index is 11.2. The fourth-order valence-corrected chi connectivity index (χ4v) is 2.68. The molecule has 0 saturated carbocycles. The average molecular weight is 261 g/mol. The number of carbonyl (C=O) groups is 1. The molecule has 0 amide bonds. The first-order valence-electron chi connectivity index (χ1n) is 5.77. The molecule has 2 N–H and O–H groups in total. The first kappa shape index (κ1) is 12.6. The Kier molecular flexibility index (Phi) is 3.67. The third-order valence-corrected chi connectivity index (χ3v) is 3.60. The summed E-state index contributed by atoms with van der Waals surface area (Å²) in [5.41, 5.74) is 1.74. The van der Waals surface area contributed by atoms with Gasteiger partial charge < -0.3 is 10.4 Å². The van der Waals surface area contributed by atoms with Crippen LogP contribution in [0.4, 0.5) is 5.69 Å². The third-order valence-electron chi connectivity index (χ3n) is 2.43. The van der Waals surface area contributed by atoms with Crippen molar-refractivity contribution in [3.63, 3.8) is 0 Å². The average Bonchev–Trinajstić information content (AvgIpc) is 2.73. The molecule has 0 aliphatic rings. The summed E-state index contributed by atoms with van der Waals surface area (Å²) in [5, 5.41) is 12.4. The van der Waals surface area contributed by atoms with Gasteiger partial charge in [-0.25, -0.2) is 4.79 Å². The summed E-state index contributed by atoms with van der Waals surface area (Å²) in [7, 11) is 0. The van der Waals surface area contributed by atoms with Gasteiger partial charge >= 0.3 is 5.97 Å². The van der Waals surface area contributed by atoms with Gasteiger partial charge in [0.2, 0.25) is 0 Å². The Hall–Kier alpha value is -1.81. The zero-order chi connectivity index (χ0) is 13.1. The molecule has 0 radical (unpaired) electrons. The lowest BCUT2D eigenvalue weighted by molar-refractivity contribution is 0.0703. The Balaban J connectivity index is 2.42. The molecule has 0 spiro atoms. The molecule has 0 fully saturated rings. The topological polar surface area (TPSA) is 49.3 Å². The van der Waals surface area contributed by atoms with E-state index in [1.54, 1.807) is 0 Å². The van der Waals surface area contributed by atoms with E-state index in [1.807, 2.05) is 50.2 Å². The Morgan fingerprint density at radius 3 is 2.50 bits per heavy atom. The van der Waals surface area contributed by atoms with E-state index in [0.29, 0.717) is 10.6 Å². The third kappa shape index (κ3) is 2.71. The lowest BCUT2D eigenvalue weighted by atomic mass is 10.2. The molecule has 94 valence electrons. The zero-order valence-electron chi connectivity index (χ0n) is 10.3. The molecule has 1 aromatic heterocycles. The maximum Gasteiger partial charge on any atom is 0.348 e. The van der Waals surface area contributed by atoms with E-state index < -0.39 is 5.97 Å². The van der Waals surface area contributed by atoms with Crippen molar-refractivity contribution in [3.8, 4) is 10.4 Å². The SMILES string of the molecule is CC(C)Nc1cc(-c2ccccc2)sc1C(=O)O. The van der Waals surface area contributed by atoms with Crippen LogP contribution in [-0.2, 0) is 0 Å². The van der Waals surface area contributed by atoms with Gasteiger partial charge in [-0.05, 0) is 25.5 Å². The second kappa shape index (κ2) is 5.23. The highest BCUT2D eigenvalue weighted by Crippen LogP contribution is 2.35. The molecule has 2 aromatic rings. The van der Waals surface area contributed by atoms with Crippen LogP contribution in [0.25, 0.3) is 10.4 Å². The Morgan fingerprint density at radius 2 is 1.94 bits per heavy atom. The van der Waals surface area contributed by atoms with E-state index >= 15 is 0 Å². The predicted octanol–water partition coefficient (Wildman–Crippen LogP) is 3.93. The molecule has 0 unspecified atom stereocenters. The van der Waals surface area contributed by atoms with Crippen molar-refractivity contribution in [3.05, 3.63) is 41.3 Å². The molecule has 0 atom stereocenters. The van der Waals surface area contributed by atoms with E-state index in [4.69, 9.17) is 0 Å². The Morgan fingerprint density at radius 1 is 1.28 bits per heavy atom. The van der Waals surface area contributed by atoms with Gasteiger partial charge in [0.25, 0.3) is 0 Å². The van der Waals surface area contributed by atoms with Gasteiger partial charge in [-0.3, -0.25) is 0 Å². The number of hydrogen-bond donors (Lipinski definition) is 2. The number of carboxylic acid groups (broad SMARTS) is 1. The summed E-state index contributed by atoms with van der Waals surface area (Å²) < 4.78 is 0. The highest BCUT2D eigenvalue weighted by molar-refractivity contribution is 7.18. The molecule has 0 bridgehead atoms. The second-order valence-corrected chi connectivity index (χ2v) is 5.38. The summed E-state index contributed by atoms with van der Waals surface area (Å²) in [6, 6.07) is 11.9. The highest BCUT2D eigenvalue weighted by atomic mass is 32.1. The van der Waals surface area contributed by atoms with Crippen LogP contribution in [0.3, 0.4) is 0 Å². The van der Waals surface area contributed by atoms with Crippen molar-refractivity contribution in [1.29, 1.82) is 0 Å². The number of thiophene rings is 1. The van der Waals surface area contributed by atoms with E-state index in [0.717, 1.165) is 10.4 Å². The number of benzene rings is 1. The molecule has 1 aromatic carbocycles. The molecular formula is C14H15NO2S. The van der Waals surface area contributed by atoms with Crippen molar-refractivity contribution in [2.24, 2.45) is 0 Å². The maximum atomic E-state index is 11.2. The molecule has 1 heterocycles. The Bertz CT molecular complexity index is 546. The highest BCUT2D eigenvalue weighted by Gasteiger charge is 2.16. The minimum atomic E-state index is -0.884. The van der Waals surface area contributed by atoms with Crippen LogP contribution in [0.1, 0.15) is 23.5 Å². The minimum Gasteiger partial charge on any atom is -0.477 e. The molecule has 0 aliphatic heterocycles. The normalized spacial score (nSPS) is 10.6. The van der Waals surface area contributed by atoms with Crippen molar-refractivity contribution < 1.29 is 9.90 Å². The molecular weight excluding hydrogens is 246 g/mol. The van der Waals surface area contributed by atoms with Gasteiger partial charge in [0.15, 0.2) is 0 Å². The number of aromatic carboxylic acids is 1. The molecule has 2 rings (SSSR count). The summed E-state index contributed by atoms with van der Waals surface area (Å²) in [6.45, 7) is 3.98. The van der Waals surface area contributed by atoms with Crippen LogP contribution in [0.2, 0.25) is 0 Å². The Labute approximate surface area is 110 Å². The van der Waals surface area contributed by atoms with Crippen molar-refractivity contribution in [2.75, 3.05) is 5.32 Å². The van der Waals surface area contributed by atoms with E-state index in [9.17, 15) is 9.90 Å². The summed E-state index contributed by atoms with van der Waals surface area (Å²) >= 11 is 1.30. The lowest BCUT2D eigenvalue weighted by Gasteiger charge is -2.08. The van der Waals surface area contributed by atoms with Crippen molar-refractivity contribution >= 4 is 23.0 Å². The standard InChI is InChI=1S/C14H15NO2S/c1-9(2)15-11-8-12(18-13(11)14(16)17)10-6-4-3-5-7-10/h3-9,15H,1-2H3,(H,16,17). The number of anilines is 1. The lowest BCUT2D eigenvalue weighted by Crippen LogP contribution is -2.11. The van der Waals surface area contributed by atoms with E-state index in [1.165, 1.54) is 11.3 Å². The molecule has 0 aliphatic carbocycles. The molecule has 4 heteroatoms. The fraction of sp³-hybridized carbons (Fsp3) is 0.214. The smallest absolute Gasteiger partial charge is 0.348 e. The quantitative estimate of drug-likeness (QED) is 0.876. The van der Waals surface area contributed by atoms with Gasteiger partial charge in [-0.2, -0.15) is 0 Å². The van der Waals surface area contributed by atoms with E-state index in [2.05, 4.69) is 5.32 Å². The van der Waals surface area contributed by atoms with Gasteiger partial charge in [0.05, 0.1) is 5.69 Å². The summed E-state index contributed by atoms with van der Waals surface area (Å²) in [4.78, 5) is 12.6. The van der Waals surface area contributed by atoms with E-state index in [-0.39, 0.29) is 6.04 Å². The van der Waals surface area contributed by atoms with Gasteiger partial charge in [0, 0.05) is 10.9 Å². The first-order valence-corrected chi connectivity index (χ1v) is 6.58. The fourth-order valence-electron chi connectivity index (χ4n) is 1.71. The van der Waals surface area contributed by atoms with Crippen molar-refractivity contribution in [2.45, 2.75) is 19.9 Å². The van der Waals surface area contributed by atoms with Crippen LogP contribution in [-0.4, -0.2) is 17.1 Å². The largest absolute Gasteiger partial charge is 0.477 e. The molecule has 0 saturated heterocycles.